The third-order valence-electron chi connectivity index (χ3n) is 1.66. The van der Waals surface area contributed by atoms with Gasteiger partial charge in [-0.15, -0.1) is 11.8 Å². The summed E-state index contributed by atoms with van der Waals surface area (Å²) in [5, 5.41) is 19.3. The quantitative estimate of drug-likeness (QED) is 0.355. The zero-order valence-corrected chi connectivity index (χ0v) is 10.0. The molecule has 0 bridgehead atoms. The number of rotatable bonds is 4. The molecule has 0 aliphatic rings. The van der Waals surface area contributed by atoms with Gasteiger partial charge in [-0.05, 0) is 12.3 Å². The van der Waals surface area contributed by atoms with Gasteiger partial charge in [0.25, 0.3) is 5.69 Å². The second kappa shape index (κ2) is 6.20. The van der Waals surface area contributed by atoms with Crippen LogP contribution in [0.3, 0.4) is 0 Å². The summed E-state index contributed by atoms with van der Waals surface area (Å²) in [6.07, 6.45) is 3.21. The van der Waals surface area contributed by atoms with Gasteiger partial charge in [-0.2, -0.15) is 5.26 Å². The maximum atomic E-state index is 10.8. The first-order chi connectivity index (χ1) is 7.69. The number of thioether (sulfide) groups is 2. The number of nitriles is 1. The van der Waals surface area contributed by atoms with E-state index in [0.717, 1.165) is 4.24 Å². The predicted molar refractivity (Wildman–Crippen MR) is 66.2 cm³/mol. The van der Waals surface area contributed by atoms with Gasteiger partial charge in [-0.3, -0.25) is 10.1 Å². The highest BCUT2D eigenvalue weighted by Crippen LogP contribution is 2.37. The number of para-hydroxylation sites is 1. The third-order valence-corrected chi connectivity index (χ3v) is 3.81. The van der Waals surface area contributed by atoms with Crippen molar-refractivity contribution >= 4 is 29.2 Å². The van der Waals surface area contributed by atoms with Gasteiger partial charge in [-0.1, -0.05) is 23.9 Å². The molecule has 0 aliphatic carbocycles. The van der Waals surface area contributed by atoms with Crippen molar-refractivity contribution in [1.29, 1.82) is 5.26 Å². The maximum Gasteiger partial charge on any atom is 0.283 e. The van der Waals surface area contributed by atoms with E-state index in [1.807, 2.05) is 12.3 Å². The molecule has 0 unspecified atom stereocenters. The Morgan fingerprint density at radius 2 is 2.25 bits per heavy atom. The molecule has 1 aromatic carbocycles. The molecule has 0 saturated carbocycles. The lowest BCUT2D eigenvalue weighted by Gasteiger charge is -2.02. The van der Waals surface area contributed by atoms with Crippen LogP contribution in [0.5, 0.6) is 0 Å². The summed E-state index contributed by atoms with van der Waals surface area (Å²) in [6.45, 7) is 0. The molecule has 0 heterocycles. The van der Waals surface area contributed by atoms with Crippen LogP contribution in [0.1, 0.15) is 0 Å². The summed E-state index contributed by atoms with van der Waals surface area (Å²) < 4.78 is 0.733. The average Bonchev–Trinajstić information content (AvgIpc) is 2.29. The summed E-state index contributed by atoms with van der Waals surface area (Å²) in [7, 11) is 0. The van der Waals surface area contributed by atoms with Gasteiger partial charge in [0, 0.05) is 12.1 Å². The molecule has 1 rings (SSSR count). The van der Waals surface area contributed by atoms with Crippen LogP contribution in [0.25, 0.3) is 0 Å². The average molecular weight is 252 g/mol. The lowest BCUT2D eigenvalue weighted by atomic mass is 10.3. The Morgan fingerprint density at radius 3 is 2.81 bits per heavy atom. The van der Waals surface area contributed by atoms with Crippen LogP contribution in [-0.2, 0) is 0 Å². The van der Waals surface area contributed by atoms with Crippen molar-refractivity contribution in [1.82, 2.24) is 0 Å². The molecule has 4 nitrogen and oxygen atoms in total. The molecule has 0 aromatic heterocycles. The number of benzene rings is 1. The van der Waals surface area contributed by atoms with E-state index in [1.165, 1.54) is 35.7 Å². The van der Waals surface area contributed by atoms with Gasteiger partial charge in [-0.25, -0.2) is 0 Å². The van der Waals surface area contributed by atoms with E-state index >= 15 is 0 Å². The zero-order valence-electron chi connectivity index (χ0n) is 8.41. The number of nitrogens with zero attached hydrogens (tertiary/aromatic N) is 2. The van der Waals surface area contributed by atoms with Crippen molar-refractivity contribution in [3.8, 4) is 6.07 Å². The van der Waals surface area contributed by atoms with Crippen molar-refractivity contribution in [2.45, 2.75) is 4.90 Å². The molecule has 0 fully saturated rings. The van der Waals surface area contributed by atoms with Gasteiger partial charge in [0.05, 0.1) is 20.1 Å². The molecule has 6 heteroatoms. The molecule has 0 spiro atoms. The molecule has 0 atom stereocenters. The summed E-state index contributed by atoms with van der Waals surface area (Å²) >= 11 is 2.62. The molecule has 0 N–H and O–H groups in total. The summed E-state index contributed by atoms with van der Waals surface area (Å²) in [4.78, 5) is 10.9. The van der Waals surface area contributed by atoms with Crippen molar-refractivity contribution in [3.05, 3.63) is 44.7 Å². The fourth-order valence-electron chi connectivity index (χ4n) is 0.985. The van der Waals surface area contributed by atoms with E-state index < -0.39 is 4.92 Å². The SMILES string of the molecule is CS/C(=C\C#N)Sc1ccccc1[N+](=O)[O-]. The second-order valence-corrected chi connectivity index (χ2v) is 4.81. The minimum absolute atomic E-state index is 0.0605. The first kappa shape index (κ1) is 12.6. The van der Waals surface area contributed by atoms with Crippen molar-refractivity contribution < 1.29 is 4.92 Å². The molecule has 1 aromatic rings. The largest absolute Gasteiger partial charge is 0.283 e. The van der Waals surface area contributed by atoms with E-state index in [2.05, 4.69) is 0 Å². The molecule has 0 radical (unpaired) electrons. The third kappa shape index (κ3) is 3.29. The molecule has 0 saturated heterocycles. The number of allylic oxidation sites excluding steroid dienone is 1. The van der Waals surface area contributed by atoms with Crippen molar-refractivity contribution in [2.24, 2.45) is 0 Å². The molecule has 16 heavy (non-hydrogen) atoms. The topological polar surface area (TPSA) is 66.9 Å². The van der Waals surface area contributed by atoms with Crippen LogP contribution in [0, 0.1) is 21.4 Å². The van der Waals surface area contributed by atoms with Crippen LogP contribution in [0.4, 0.5) is 5.69 Å². The van der Waals surface area contributed by atoms with Crippen LogP contribution >= 0.6 is 23.5 Å². The minimum atomic E-state index is -0.424. The fraction of sp³-hybridized carbons (Fsp3) is 0.100. The van der Waals surface area contributed by atoms with Gasteiger partial charge in [0.2, 0.25) is 0 Å². The lowest BCUT2D eigenvalue weighted by Crippen LogP contribution is -1.89. The maximum absolute atomic E-state index is 10.8. The van der Waals surface area contributed by atoms with Gasteiger partial charge >= 0.3 is 0 Å². The van der Waals surface area contributed by atoms with E-state index in [4.69, 9.17) is 5.26 Å². The number of hydrogen-bond acceptors (Lipinski definition) is 5. The fourth-order valence-corrected chi connectivity index (χ4v) is 2.48. The summed E-state index contributed by atoms with van der Waals surface area (Å²) in [6, 6.07) is 8.39. The van der Waals surface area contributed by atoms with Crippen molar-refractivity contribution in [3.63, 3.8) is 0 Å². The Hall–Kier alpha value is -1.45. The van der Waals surface area contributed by atoms with Crippen LogP contribution in [-0.4, -0.2) is 11.2 Å². The number of hydrogen-bond donors (Lipinski definition) is 0. The molecular formula is C10H8N2O2S2. The van der Waals surface area contributed by atoms with Crippen LogP contribution < -0.4 is 0 Å². The normalized spacial score (nSPS) is 10.9. The van der Waals surface area contributed by atoms with Gasteiger partial charge in [0.1, 0.15) is 0 Å². The molecular weight excluding hydrogens is 244 g/mol. The van der Waals surface area contributed by atoms with Gasteiger partial charge in [0.15, 0.2) is 0 Å². The van der Waals surface area contributed by atoms with E-state index in [0.29, 0.717) is 4.90 Å². The molecule has 82 valence electrons. The lowest BCUT2D eigenvalue weighted by molar-refractivity contribution is -0.387. The summed E-state index contributed by atoms with van der Waals surface area (Å²) in [5.74, 6) is 0. The van der Waals surface area contributed by atoms with Crippen LogP contribution in [0.2, 0.25) is 0 Å². The first-order valence-corrected chi connectivity index (χ1v) is 6.28. The highest BCUT2D eigenvalue weighted by atomic mass is 32.2. The van der Waals surface area contributed by atoms with Crippen LogP contribution in [0.15, 0.2) is 39.5 Å². The zero-order chi connectivity index (χ0) is 12.0. The minimum Gasteiger partial charge on any atom is -0.258 e. The van der Waals surface area contributed by atoms with Gasteiger partial charge < -0.3 is 0 Å². The highest BCUT2D eigenvalue weighted by Gasteiger charge is 2.13. The van der Waals surface area contributed by atoms with E-state index in [1.54, 1.807) is 18.2 Å². The Balaban J connectivity index is 3.01. The monoisotopic (exact) mass is 252 g/mol. The number of nitro benzene ring substituents is 1. The Kier molecular flexibility index (Phi) is 4.89. The standard InChI is InChI=1S/C10H8N2O2S2/c1-15-10(6-7-11)16-9-5-3-2-4-8(9)12(13)14/h2-6H,1H3/b10-6+. The Bertz CT molecular complexity index is 466. The Labute approximate surface area is 101 Å². The van der Waals surface area contributed by atoms with E-state index in [9.17, 15) is 10.1 Å². The smallest absolute Gasteiger partial charge is 0.258 e. The highest BCUT2D eigenvalue weighted by molar-refractivity contribution is 8.22. The molecule has 0 aliphatic heterocycles. The second-order valence-electron chi connectivity index (χ2n) is 2.62. The first-order valence-electron chi connectivity index (χ1n) is 4.24. The summed E-state index contributed by atoms with van der Waals surface area (Å²) in [5.41, 5.74) is 0.0605. The predicted octanol–water partition coefficient (Wildman–Crippen LogP) is 3.41. The number of nitro groups is 1. The Morgan fingerprint density at radius 1 is 1.56 bits per heavy atom. The van der Waals surface area contributed by atoms with E-state index in [-0.39, 0.29) is 5.69 Å². The molecule has 0 amide bonds. The van der Waals surface area contributed by atoms with Crippen molar-refractivity contribution in [2.75, 3.05) is 6.26 Å².